The van der Waals surface area contributed by atoms with Crippen LogP contribution in [-0.4, -0.2) is 28.1 Å². The van der Waals surface area contributed by atoms with Crippen molar-refractivity contribution in [2.24, 2.45) is 0 Å². The molecule has 2 aromatic rings. The van der Waals surface area contributed by atoms with Crippen molar-refractivity contribution in [3.8, 4) is 0 Å². The lowest BCUT2D eigenvalue weighted by molar-refractivity contribution is 0.0714. The van der Waals surface area contributed by atoms with E-state index in [9.17, 15) is 9.90 Å². The largest absolute Gasteiger partial charge is 0.464 e. The van der Waals surface area contributed by atoms with Crippen LogP contribution in [-0.2, 0) is 13.0 Å². The number of carbonyl (C=O) groups excluding carboxylic acids is 1. The number of hydrogen-bond acceptors (Lipinski definition) is 3. The summed E-state index contributed by atoms with van der Waals surface area (Å²) in [7, 11) is 0. The molecule has 0 bridgehead atoms. The maximum Gasteiger partial charge on any atom is 0.254 e. The third kappa shape index (κ3) is 5.24. The van der Waals surface area contributed by atoms with Gasteiger partial charge in [-0.1, -0.05) is 12.1 Å². The highest BCUT2D eigenvalue weighted by molar-refractivity contribution is 5.94. The maximum absolute atomic E-state index is 12.8. The molecule has 1 aromatic heterocycles. The van der Waals surface area contributed by atoms with Crippen LogP contribution < -0.4 is 0 Å². The lowest BCUT2D eigenvalue weighted by atomic mass is 9.97. The van der Waals surface area contributed by atoms with Gasteiger partial charge in [0.1, 0.15) is 11.5 Å². The van der Waals surface area contributed by atoms with E-state index in [4.69, 9.17) is 4.42 Å². The molecule has 0 radical (unpaired) electrons. The molecule has 4 nitrogen and oxygen atoms in total. The molecule has 0 aliphatic heterocycles. The highest BCUT2D eigenvalue weighted by Crippen LogP contribution is 2.17. The highest BCUT2D eigenvalue weighted by Gasteiger charge is 2.17. The number of benzene rings is 1. The van der Waals surface area contributed by atoms with Gasteiger partial charge in [0.15, 0.2) is 0 Å². The number of aliphatic hydroxyl groups is 1. The molecule has 0 spiro atoms. The normalized spacial score (nSPS) is 11.5. The maximum atomic E-state index is 12.8. The van der Waals surface area contributed by atoms with Crippen LogP contribution in [0.3, 0.4) is 0 Å². The molecule has 1 N–H and O–H groups in total. The van der Waals surface area contributed by atoms with Crippen LogP contribution in [0.2, 0.25) is 0 Å². The van der Waals surface area contributed by atoms with E-state index in [1.54, 1.807) is 18.7 Å². The van der Waals surface area contributed by atoms with Crippen LogP contribution in [0, 0.1) is 6.92 Å². The average molecular weight is 329 g/mol. The fourth-order valence-corrected chi connectivity index (χ4v) is 2.58. The van der Waals surface area contributed by atoms with Crippen LogP contribution in [0.5, 0.6) is 0 Å². The van der Waals surface area contributed by atoms with Crippen molar-refractivity contribution in [2.45, 2.75) is 52.7 Å². The van der Waals surface area contributed by atoms with E-state index in [0.29, 0.717) is 25.1 Å². The smallest absolute Gasteiger partial charge is 0.254 e. The molecule has 4 heteroatoms. The quantitative estimate of drug-likeness (QED) is 0.836. The van der Waals surface area contributed by atoms with Crippen molar-refractivity contribution in [1.82, 2.24) is 4.90 Å². The van der Waals surface area contributed by atoms with Crippen molar-refractivity contribution in [1.29, 1.82) is 0 Å². The molecule has 0 saturated heterocycles. The van der Waals surface area contributed by atoms with Crippen molar-refractivity contribution < 1.29 is 14.3 Å². The Morgan fingerprint density at radius 2 is 2.00 bits per heavy atom. The van der Waals surface area contributed by atoms with Gasteiger partial charge in [-0.2, -0.15) is 0 Å². The topological polar surface area (TPSA) is 53.7 Å². The summed E-state index contributed by atoms with van der Waals surface area (Å²) in [6.07, 6.45) is 1.40. The first-order valence-corrected chi connectivity index (χ1v) is 8.44. The van der Waals surface area contributed by atoms with Crippen LogP contribution in [0.1, 0.15) is 54.6 Å². The molecule has 1 amide bonds. The van der Waals surface area contributed by atoms with E-state index in [1.807, 2.05) is 50.2 Å². The molecule has 1 aromatic carbocycles. The van der Waals surface area contributed by atoms with E-state index >= 15 is 0 Å². The molecule has 2 rings (SSSR count). The molecule has 0 saturated carbocycles. The molecule has 0 aliphatic carbocycles. The third-order valence-electron chi connectivity index (χ3n) is 4.01. The van der Waals surface area contributed by atoms with Crippen molar-refractivity contribution in [3.05, 3.63) is 59.0 Å². The average Bonchev–Trinajstić information content (AvgIpc) is 2.95. The summed E-state index contributed by atoms with van der Waals surface area (Å²) in [6, 6.07) is 11.5. The molecule has 0 fully saturated rings. The van der Waals surface area contributed by atoms with Gasteiger partial charge in [0.25, 0.3) is 5.91 Å². The number of hydrogen-bond donors (Lipinski definition) is 1. The van der Waals surface area contributed by atoms with E-state index in [2.05, 4.69) is 0 Å². The molecule has 0 aliphatic rings. The fraction of sp³-hybridized carbons (Fsp3) is 0.450. The molecule has 130 valence electrons. The zero-order valence-corrected chi connectivity index (χ0v) is 15.0. The van der Waals surface area contributed by atoms with Crippen molar-refractivity contribution >= 4 is 5.91 Å². The lowest BCUT2D eigenvalue weighted by Gasteiger charge is -2.20. The zero-order valence-electron chi connectivity index (χ0n) is 15.0. The second-order valence-corrected chi connectivity index (χ2v) is 6.84. The molecule has 1 heterocycles. The Balaban J connectivity index is 2.09. The number of aryl methyl sites for hydroxylation is 2. The first-order chi connectivity index (χ1) is 11.3. The molecular weight excluding hydrogens is 302 g/mol. The van der Waals surface area contributed by atoms with Gasteiger partial charge in [-0.3, -0.25) is 4.79 Å². The Morgan fingerprint density at radius 1 is 1.25 bits per heavy atom. The van der Waals surface area contributed by atoms with E-state index in [0.717, 1.165) is 23.5 Å². The molecule has 24 heavy (non-hydrogen) atoms. The Morgan fingerprint density at radius 3 is 2.58 bits per heavy atom. The van der Waals surface area contributed by atoms with Crippen LogP contribution in [0.15, 0.2) is 40.8 Å². The summed E-state index contributed by atoms with van der Waals surface area (Å²) in [6.45, 7) is 8.54. The summed E-state index contributed by atoms with van der Waals surface area (Å²) in [5.74, 6) is 1.64. The minimum atomic E-state index is -0.702. The molecular formula is C20H27NO3. The van der Waals surface area contributed by atoms with Gasteiger partial charge >= 0.3 is 0 Å². The van der Waals surface area contributed by atoms with Gasteiger partial charge in [-0.05, 0) is 70.4 Å². The molecule has 0 atom stereocenters. The number of amides is 1. The summed E-state index contributed by atoms with van der Waals surface area (Å²) in [4.78, 5) is 14.5. The molecule has 0 unspecified atom stereocenters. The number of rotatable bonds is 7. The highest BCUT2D eigenvalue weighted by atomic mass is 16.3. The Labute approximate surface area is 144 Å². The van der Waals surface area contributed by atoms with Gasteiger partial charge in [0.05, 0.1) is 12.1 Å². The number of furan rings is 1. The first-order valence-electron chi connectivity index (χ1n) is 8.44. The Bertz CT molecular complexity index is 682. The van der Waals surface area contributed by atoms with Crippen LogP contribution in [0.4, 0.5) is 0 Å². The number of nitrogens with zero attached hydrogens (tertiary/aromatic N) is 1. The van der Waals surface area contributed by atoms with Crippen LogP contribution in [0.25, 0.3) is 0 Å². The zero-order chi connectivity index (χ0) is 17.7. The predicted octanol–water partition coefficient (Wildman–Crippen LogP) is 3.95. The lowest BCUT2D eigenvalue weighted by Crippen LogP contribution is -2.30. The Hall–Kier alpha value is -2.07. The van der Waals surface area contributed by atoms with Crippen molar-refractivity contribution in [2.75, 3.05) is 6.54 Å². The van der Waals surface area contributed by atoms with Gasteiger partial charge in [0.2, 0.25) is 0 Å². The second kappa shape index (κ2) is 7.67. The summed E-state index contributed by atoms with van der Waals surface area (Å²) >= 11 is 0. The summed E-state index contributed by atoms with van der Waals surface area (Å²) in [5.41, 5.74) is 1.04. The van der Waals surface area contributed by atoms with Gasteiger partial charge in [-0.15, -0.1) is 0 Å². The number of carbonyl (C=O) groups is 1. The third-order valence-corrected chi connectivity index (χ3v) is 4.01. The van der Waals surface area contributed by atoms with Crippen molar-refractivity contribution in [3.63, 3.8) is 0 Å². The Kier molecular flexibility index (Phi) is 5.84. The van der Waals surface area contributed by atoms with E-state index < -0.39 is 5.60 Å². The van der Waals surface area contributed by atoms with Crippen LogP contribution >= 0.6 is 0 Å². The van der Waals surface area contributed by atoms with Gasteiger partial charge in [-0.25, -0.2) is 0 Å². The first kappa shape index (κ1) is 18.3. The predicted molar refractivity (Wildman–Crippen MR) is 94.9 cm³/mol. The standard InChI is InChI=1S/C20H27NO3/c1-5-21(14-18-10-9-15(2)24-18)19(22)17-8-6-7-16(13-17)11-12-20(3,4)23/h6-10,13,23H,5,11-12,14H2,1-4H3. The fourth-order valence-electron chi connectivity index (χ4n) is 2.58. The summed E-state index contributed by atoms with van der Waals surface area (Å²) in [5, 5.41) is 9.86. The monoisotopic (exact) mass is 329 g/mol. The van der Waals surface area contributed by atoms with E-state index in [-0.39, 0.29) is 5.91 Å². The second-order valence-electron chi connectivity index (χ2n) is 6.84. The van der Waals surface area contributed by atoms with Gasteiger partial charge < -0.3 is 14.4 Å². The summed E-state index contributed by atoms with van der Waals surface area (Å²) < 4.78 is 5.58. The minimum absolute atomic E-state index is 0.00309. The SMILES string of the molecule is CCN(Cc1ccc(C)o1)C(=O)c1cccc(CCC(C)(C)O)c1. The van der Waals surface area contributed by atoms with Gasteiger partial charge in [0, 0.05) is 12.1 Å². The minimum Gasteiger partial charge on any atom is -0.464 e. The van der Waals surface area contributed by atoms with E-state index in [1.165, 1.54) is 0 Å².